The third-order valence-electron chi connectivity index (χ3n) is 7.06. The van der Waals surface area contributed by atoms with Gasteiger partial charge in [0, 0.05) is 28.5 Å². The quantitative estimate of drug-likeness (QED) is 0.464. The van der Waals surface area contributed by atoms with Gasteiger partial charge in [0.05, 0.1) is 31.6 Å². The number of hydrogen-bond donors (Lipinski definition) is 0. The molecule has 2 aliphatic heterocycles. The van der Waals surface area contributed by atoms with Gasteiger partial charge in [0.2, 0.25) is 0 Å². The lowest BCUT2D eigenvalue weighted by Gasteiger charge is -2.49. The zero-order valence-electron chi connectivity index (χ0n) is 17.0. The Kier molecular flexibility index (Phi) is 4.62. The standard InChI is InChI=1S/C25H25N2O2.ClH/c1-2-3-10-26-11-12-27-22-15-25(18-8-13-28-16-18,19-9-14-29-17-19)23(24(26)27)21-7-5-4-6-20(21)22;/h4-9,11-14,16-17,22-23H,2-3,10,15H2,1H3;1H/q+1;/p-1/t22-,23+;/m1./s1. The fourth-order valence-electron chi connectivity index (χ4n) is 5.80. The Morgan fingerprint density at radius 1 is 1.03 bits per heavy atom. The molecular formula is C25H25ClN2O2. The van der Waals surface area contributed by atoms with E-state index < -0.39 is 0 Å². The smallest absolute Gasteiger partial charge is 0.265 e. The van der Waals surface area contributed by atoms with Crippen LogP contribution in [0.15, 0.2) is 82.7 Å². The molecule has 5 heterocycles. The lowest BCUT2D eigenvalue weighted by atomic mass is 9.55. The molecule has 30 heavy (non-hydrogen) atoms. The van der Waals surface area contributed by atoms with Gasteiger partial charge in [0.1, 0.15) is 24.4 Å². The molecule has 0 saturated heterocycles. The molecule has 2 bridgehead atoms. The van der Waals surface area contributed by atoms with Crippen molar-refractivity contribution in [1.82, 2.24) is 4.57 Å². The Morgan fingerprint density at radius 3 is 2.37 bits per heavy atom. The van der Waals surface area contributed by atoms with E-state index in [0.29, 0.717) is 6.04 Å². The molecule has 154 valence electrons. The summed E-state index contributed by atoms with van der Waals surface area (Å²) >= 11 is 0. The van der Waals surface area contributed by atoms with Crippen LogP contribution in [-0.4, -0.2) is 4.57 Å². The van der Waals surface area contributed by atoms with E-state index in [-0.39, 0.29) is 23.7 Å². The number of nitrogens with zero attached hydrogens (tertiary/aromatic N) is 2. The van der Waals surface area contributed by atoms with Crippen LogP contribution < -0.4 is 17.0 Å². The summed E-state index contributed by atoms with van der Waals surface area (Å²) in [5.74, 6) is 1.61. The fourth-order valence-corrected chi connectivity index (χ4v) is 5.80. The van der Waals surface area contributed by atoms with Crippen LogP contribution in [0.3, 0.4) is 0 Å². The molecule has 3 aromatic heterocycles. The van der Waals surface area contributed by atoms with Crippen LogP contribution in [0.1, 0.15) is 66.2 Å². The number of imidazole rings is 1. The molecule has 5 heteroatoms. The number of furan rings is 2. The lowest BCUT2D eigenvalue weighted by molar-refractivity contribution is -0.732. The SMILES string of the molecule is CCCCn1cc[n+]2c1[C@@H]1c3ccccc3[C@H]2CC1(c1ccoc1)c1ccoc1.[Cl-]. The topological polar surface area (TPSA) is 35.1 Å². The highest BCUT2D eigenvalue weighted by Gasteiger charge is 2.60. The van der Waals surface area contributed by atoms with E-state index >= 15 is 0 Å². The number of hydrogen-bond acceptors (Lipinski definition) is 2. The van der Waals surface area contributed by atoms with E-state index in [0.717, 1.165) is 13.0 Å². The van der Waals surface area contributed by atoms with Gasteiger partial charge >= 0.3 is 0 Å². The maximum atomic E-state index is 5.61. The normalized spacial score (nSPS) is 20.4. The predicted molar refractivity (Wildman–Crippen MR) is 109 cm³/mol. The zero-order chi connectivity index (χ0) is 19.4. The minimum atomic E-state index is -0.193. The molecule has 0 unspecified atom stereocenters. The van der Waals surface area contributed by atoms with Gasteiger partial charge in [-0.2, -0.15) is 0 Å². The summed E-state index contributed by atoms with van der Waals surface area (Å²) in [6, 6.07) is 13.6. The molecule has 3 aliphatic rings. The Morgan fingerprint density at radius 2 is 1.73 bits per heavy atom. The number of rotatable bonds is 5. The predicted octanol–water partition coefficient (Wildman–Crippen LogP) is 2.19. The number of aromatic nitrogens is 2. The highest BCUT2D eigenvalue weighted by Crippen LogP contribution is 2.59. The van der Waals surface area contributed by atoms with Crippen molar-refractivity contribution in [3.05, 3.63) is 102 Å². The maximum absolute atomic E-state index is 5.61. The molecule has 1 aromatic carbocycles. The van der Waals surface area contributed by atoms with E-state index in [1.54, 1.807) is 12.5 Å². The van der Waals surface area contributed by atoms with E-state index in [1.807, 2.05) is 12.5 Å². The van der Waals surface area contributed by atoms with Gasteiger partial charge in [-0.05, 0) is 24.1 Å². The Balaban J connectivity index is 0.00000193. The molecule has 0 fully saturated rings. The molecule has 0 radical (unpaired) electrons. The van der Waals surface area contributed by atoms with Gasteiger partial charge in [-0.25, -0.2) is 9.13 Å². The van der Waals surface area contributed by atoms with Crippen molar-refractivity contribution in [2.75, 3.05) is 0 Å². The van der Waals surface area contributed by atoms with Crippen LogP contribution in [0.25, 0.3) is 0 Å². The number of halogens is 1. The summed E-state index contributed by atoms with van der Waals surface area (Å²) in [4.78, 5) is 0. The highest BCUT2D eigenvalue weighted by atomic mass is 35.5. The van der Waals surface area contributed by atoms with E-state index in [4.69, 9.17) is 8.83 Å². The molecule has 0 amide bonds. The van der Waals surface area contributed by atoms with Gasteiger partial charge < -0.3 is 21.2 Å². The Bertz CT molecular complexity index is 1110. The molecule has 0 N–H and O–H groups in total. The lowest BCUT2D eigenvalue weighted by Crippen LogP contribution is -3.00. The van der Waals surface area contributed by atoms with Crippen molar-refractivity contribution in [2.24, 2.45) is 0 Å². The highest BCUT2D eigenvalue weighted by molar-refractivity contribution is 5.53. The summed E-state index contributed by atoms with van der Waals surface area (Å²) in [6.07, 6.45) is 15.4. The molecule has 0 spiro atoms. The number of aryl methyl sites for hydroxylation is 1. The summed E-state index contributed by atoms with van der Waals surface area (Å²) in [6.45, 7) is 3.31. The monoisotopic (exact) mass is 420 g/mol. The van der Waals surface area contributed by atoms with Gasteiger partial charge in [-0.1, -0.05) is 37.6 Å². The first-order valence-corrected chi connectivity index (χ1v) is 10.6. The average molecular weight is 421 g/mol. The second kappa shape index (κ2) is 7.21. The van der Waals surface area contributed by atoms with Crippen molar-refractivity contribution >= 4 is 0 Å². The van der Waals surface area contributed by atoms with Crippen LogP contribution in [0.5, 0.6) is 0 Å². The Hall–Kier alpha value is -2.72. The summed E-state index contributed by atoms with van der Waals surface area (Å²) in [5, 5.41) is 0. The van der Waals surface area contributed by atoms with Gasteiger partial charge in [-0.15, -0.1) is 0 Å². The third-order valence-corrected chi connectivity index (χ3v) is 7.06. The molecule has 4 aromatic rings. The zero-order valence-corrected chi connectivity index (χ0v) is 17.8. The first kappa shape index (κ1) is 19.3. The van der Waals surface area contributed by atoms with Gasteiger partial charge in [0.25, 0.3) is 5.82 Å². The van der Waals surface area contributed by atoms with Crippen molar-refractivity contribution < 1.29 is 25.8 Å². The molecular weight excluding hydrogens is 396 g/mol. The second-order valence-corrected chi connectivity index (χ2v) is 8.39. The first-order chi connectivity index (χ1) is 14.3. The van der Waals surface area contributed by atoms with Crippen LogP contribution in [-0.2, 0) is 12.0 Å². The maximum Gasteiger partial charge on any atom is 0.265 e. The summed E-state index contributed by atoms with van der Waals surface area (Å²) in [7, 11) is 0. The van der Waals surface area contributed by atoms with Crippen molar-refractivity contribution in [2.45, 2.75) is 50.1 Å². The molecule has 0 saturated carbocycles. The van der Waals surface area contributed by atoms with Crippen LogP contribution in [0.2, 0.25) is 0 Å². The molecule has 1 aliphatic carbocycles. The Labute approximate surface area is 182 Å². The minimum Gasteiger partial charge on any atom is -1.00 e. The summed E-state index contributed by atoms with van der Waals surface area (Å²) < 4.78 is 16.2. The average Bonchev–Trinajstić information content (AvgIpc) is 3.54. The van der Waals surface area contributed by atoms with Crippen molar-refractivity contribution in [3.63, 3.8) is 0 Å². The van der Waals surface area contributed by atoms with Crippen LogP contribution in [0, 0.1) is 0 Å². The van der Waals surface area contributed by atoms with E-state index in [2.05, 4.69) is 64.8 Å². The fraction of sp³-hybridized carbons (Fsp3) is 0.320. The van der Waals surface area contributed by atoms with Crippen LogP contribution in [0.4, 0.5) is 0 Å². The number of unbranched alkanes of at least 4 members (excludes halogenated alkanes) is 1. The molecule has 2 atom stereocenters. The summed E-state index contributed by atoms with van der Waals surface area (Å²) in [5.41, 5.74) is 5.16. The molecule has 4 nitrogen and oxygen atoms in total. The van der Waals surface area contributed by atoms with Gasteiger partial charge in [-0.3, -0.25) is 0 Å². The van der Waals surface area contributed by atoms with Gasteiger partial charge in [0.15, 0.2) is 0 Å². The molecule has 7 rings (SSSR count). The third kappa shape index (κ3) is 2.43. The van der Waals surface area contributed by atoms with Crippen molar-refractivity contribution in [3.8, 4) is 0 Å². The first-order valence-electron chi connectivity index (χ1n) is 10.6. The van der Waals surface area contributed by atoms with E-state index in [1.165, 1.54) is 40.9 Å². The minimum absolute atomic E-state index is 0. The number of fused-ring (bicyclic) bond motifs is 1. The second-order valence-electron chi connectivity index (χ2n) is 8.39. The van der Waals surface area contributed by atoms with Crippen LogP contribution >= 0.6 is 0 Å². The largest absolute Gasteiger partial charge is 1.00 e. The van der Waals surface area contributed by atoms with Crippen molar-refractivity contribution in [1.29, 1.82) is 0 Å². The number of benzene rings is 1. The van der Waals surface area contributed by atoms with E-state index in [9.17, 15) is 0 Å².